The molecule has 3 heterocycles. The summed E-state index contributed by atoms with van der Waals surface area (Å²) in [6.45, 7) is 0. The predicted molar refractivity (Wildman–Crippen MR) is 73.4 cm³/mol. The van der Waals surface area contributed by atoms with E-state index < -0.39 is 0 Å². The zero-order chi connectivity index (χ0) is 11.8. The molecule has 0 aromatic carbocycles. The number of thiophene rings is 1. The van der Waals surface area contributed by atoms with Crippen molar-refractivity contribution in [2.45, 2.75) is 0 Å². The van der Waals surface area contributed by atoms with Crippen LogP contribution in [0, 0.1) is 0 Å². The molecule has 0 aliphatic rings. The fourth-order valence-corrected chi connectivity index (χ4v) is 3.21. The van der Waals surface area contributed by atoms with Gasteiger partial charge in [0.1, 0.15) is 11.2 Å². The second-order valence-corrected chi connectivity index (χ2v) is 5.41. The Morgan fingerprint density at radius 2 is 2.12 bits per heavy atom. The van der Waals surface area contributed by atoms with Crippen molar-refractivity contribution >= 4 is 49.1 Å². The number of rotatable bonds is 1. The summed E-state index contributed by atoms with van der Waals surface area (Å²) in [6.07, 6.45) is 1.71. The fourth-order valence-electron chi connectivity index (χ4n) is 1.47. The van der Waals surface area contributed by atoms with Gasteiger partial charge in [-0.05, 0) is 28.1 Å². The Bertz CT molecular complexity index is 684. The number of fused-ring (bicyclic) bond motifs is 1. The van der Waals surface area contributed by atoms with Gasteiger partial charge in [0.25, 0.3) is 0 Å². The van der Waals surface area contributed by atoms with Gasteiger partial charge in [0.2, 0.25) is 0 Å². The molecule has 3 rings (SSSR count). The lowest BCUT2D eigenvalue weighted by atomic mass is 10.3. The van der Waals surface area contributed by atoms with E-state index in [0.717, 1.165) is 20.4 Å². The van der Waals surface area contributed by atoms with Crippen molar-refractivity contribution in [1.82, 2.24) is 15.0 Å². The molecule has 0 fully saturated rings. The molecule has 3 nitrogen and oxygen atoms in total. The van der Waals surface area contributed by atoms with Crippen LogP contribution in [0.15, 0.2) is 34.2 Å². The molecule has 6 heteroatoms. The van der Waals surface area contributed by atoms with Crippen molar-refractivity contribution in [2.75, 3.05) is 0 Å². The lowest BCUT2D eigenvalue weighted by Crippen LogP contribution is -1.91. The lowest BCUT2D eigenvalue weighted by molar-refractivity contribution is 1.18. The van der Waals surface area contributed by atoms with Crippen LogP contribution in [-0.4, -0.2) is 15.0 Å². The largest absolute Gasteiger partial charge is 0.253 e. The number of hydrogen-bond donors (Lipinski definition) is 0. The van der Waals surface area contributed by atoms with Crippen molar-refractivity contribution in [3.8, 4) is 11.5 Å². The molecule has 0 aliphatic carbocycles. The number of pyridine rings is 1. The lowest BCUT2D eigenvalue weighted by Gasteiger charge is -2.00. The van der Waals surface area contributed by atoms with Gasteiger partial charge in [-0.1, -0.05) is 17.7 Å². The molecule has 0 aliphatic heterocycles. The van der Waals surface area contributed by atoms with Gasteiger partial charge in [0.05, 0.1) is 9.17 Å². The third-order valence-electron chi connectivity index (χ3n) is 2.22. The van der Waals surface area contributed by atoms with Crippen LogP contribution in [0.3, 0.4) is 0 Å². The maximum absolute atomic E-state index is 6.14. The Hall–Kier alpha value is -1.04. The van der Waals surface area contributed by atoms with E-state index in [-0.39, 0.29) is 0 Å². The molecule has 3 aromatic rings. The summed E-state index contributed by atoms with van der Waals surface area (Å²) >= 11 is 11.1. The minimum atomic E-state index is 0.464. The van der Waals surface area contributed by atoms with E-state index in [1.165, 1.54) is 11.3 Å². The maximum atomic E-state index is 6.14. The molecule has 0 amide bonds. The average molecular weight is 327 g/mol. The van der Waals surface area contributed by atoms with Crippen molar-refractivity contribution in [3.05, 3.63) is 39.4 Å². The standard InChI is InChI=1S/C11H5BrClN3S/c12-6-5-17-9-8(6)15-11(16-10(9)13)7-3-1-2-4-14-7/h1-5H. The topological polar surface area (TPSA) is 38.7 Å². The van der Waals surface area contributed by atoms with Crippen LogP contribution in [0.5, 0.6) is 0 Å². The first-order valence-electron chi connectivity index (χ1n) is 4.77. The highest BCUT2D eigenvalue weighted by Gasteiger charge is 2.12. The summed E-state index contributed by atoms with van der Waals surface area (Å²) in [7, 11) is 0. The van der Waals surface area contributed by atoms with E-state index in [4.69, 9.17) is 11.6 Å². The van der Waals surface area contributed by atoms with E-state index in [9.17, 15) is 0 Å². The summed E-state index contributed by atoms with van der Waals surface area (Å²) in [5.74, 6) is 0.544. The van der Waals surface area contributed by atoms with Crippen LogP contribution in [0.4, 0.5) is 0 Å². The maximum Gasteiger partial charge on any atom is 0.180 e. The summed E-state index contributed by atoms with van der Waals surface area (Å²) in [5, 5.41) is 2.42. The summed E-state index contributed by atoms with van der Waals surface area (Å²) in [6, 6.07) is 5.61. The Morgan fingerprint density at radius 1 is 1.24 bits per heavy atom. The quantitative estimate of drug-likeness (QED) is 0.630. The number of nitrogens with zero attached hydrogens (tertiary/aromatic N) is 3. The van der Waals surface area contributed by atoms with Crippen LogP contribution < -0.4 is 0 Å². The van der Waals surface area contributed by atoms with Gasteiger partial charge < -0.3 is 0 Å². The van der Waals surface area contributed by atoms with Crippen LogP contribution in [0.2, 0.25) is 5.15 Å². The molecule has 84 valence electrons. The molecular formula is C11H5BrClN3S. The van der Waals surface area contributed by atoms with Gasteiger partial charge in [0.15, 0.2) is 11.0 Å². The zero-order valence-electron chi connectivity index (χ0n) is 8.39. The summed E-state index contributed by atoms with van der Waals surface area (Å²) < 4.78 is 1.82. The Balaban J connectivity index is 2.28. The molecule has 3 aromatic heterocycles. The number of aromatic nitrogens is 3. The molecule has 17 heavy (non-hydrogen) atoms. The van der Waals surface area contributed by atoms with E-state index in [2.05, 4.69) is 30.9 Å². The Morgan fingerprint density at radius 3 is 2.88 bits per heavy atom. The van der Waals surface area contributed by atoms with Gasteiger partial charge in [-0.15, -0.1) is 11.3 Å². The third kappa shape index (κ3) is 1.94. The van der Waals surface area contributed by atoms with E-state index in [1.54, 1.807) is 6.20 Å². The minimum Gasteiger partial charge on any atom is -0.253 e. The highest BCUT2D eigenvalue weighted by Crippen LogP contribution is 2.34. The monoisotopic (exact) mass is 325 g/mol. The van der Waals surface area contributed by atoms with Gasteiger partial charge in [0, 0.05) is 11.6 Å². The first-order valence-corrected chi connectivity index (χ1v) is 6.82. The Labute approximate surface area is 115 Å². The Kier molecular flexibility index (Phi) is 2.82. The SMILES string of the molecule is Clc1nc(-c2ccccn2)nc2c(Br)csc12. The average Bonchev–Trinajstić information content (AvgIpc) is 2.73. The first-order chi connectivity index (χ1) is 8.25. The van der Waals surface area contributed by atoms with E-state index >= 15 is 0 Å². The van der Waals surface area contributed by atoms with Crippen LogP contribution >= 0.6 is 38.9 Å². The van der Waals surface area contributed by atoms with Gasteiger partial charge in [-0.2, -0.15) is 0 Å². The normalized spacial score (nSPS) is 10.9. The van der Waals surface area contributed by atoms with Crippen LogP contribution in [0.25, 0.3) is 21.7 Å². The van der Waals surface area contributed by atoms with Gasteiger partial charge in [-0.25, -0.2) is 9.97 Å². The van der Waals surface area contributed by atoms with Crippen molar-refractivity contribution < 1.29 is 0 Å². The van der Waals surface area contributed by atoms with Crippen molar-refractivity contribution in [2.24, 2.45) is 0 Å². The van der Waals surface area contributed by atoms with Crippen molar-refractivity contribution in [1.29, 1.82) is 0 Å². The molecule has 0 unspecified atom stereocenters. The zero-order valence-corrected chi connectivity index (χ0v) is 11.6. The summed E-state index contributed by atoms with van der Waals surface area (Å²) in [4.78, 5) is 13.0. The second-order valence-electron chi connectivity index (χ2n) is 3.31. The molecule has 0 saturated heterocycles. The highest BCUT2D eigenvalue weighted by molar-refractivity contribution is 9.10. The van der Waals surface area contributed by atoms with Crippen LogP contribution in [-0.2, 0) is 0 Å². The third-order valence-corrected chi connectivity index (χ3v) is 4.49. The minimum absolute atomic E-state index is 0.464. The molecule has 0 bridgehead atoms. The molecule has 0 atom stereocenters. The molecule has 0 N–H and O–H groups in total. The molecule has 0 saturated carbocycles. The second kappa shape index (κ2) is 4.33. The highest BCUT2D eigenvalue weighted by atomic mass is 79.9. The van der Waals surface area contributed by atoms with E-state index in [1.807, 2.05) is 23.6 Å². The summed E-state index contributed by atoms with van der Waals surface area (Å²) in [5.41, 5.74) is 1.55. The van der Waals surface area contributed by atoms with Gasteiger partial charge >= 0.3 is 0 Å². The fraction of sp³-hybridized carbons (Fsp3) is 0. The first kappa shape index (κ1) is 11.1. The van der Waals surface area contributed by atoms with Crippen molar-refractivity contribution in [3.63, 3.8) is 0 Å². The molecule has 0 spiro atoms. The van der Waals surface area contributed by atoms with E-state index in [0.29, 0.717) is 11.0 Å². The molecule has 0 radical (unpaired) electrons. The smallest absolute Gasteiger partial charge is 0.180 e. The van der Waals surface area contributed by atoms with Crippen LogP contribution in [0.1, 0.15) is 0 Å². The number of hydrogen-bond acceptors (Lipinski definition) is 4. The predicted octanol–water partition coefficient (Wildman–Crippen LogP) is 4.17. The molecular weight excluding hydrogens is 322 g/mol. The number of halogens is 2. The van der Waals surface area contributed by atoms with Gasteiger partial charge in [-0.3, -0.25) is 4.98 Å².